The number of aryl methyl sites for hydroxylation is 1. The van der Waals surface area contributed by atoms with Crippen LogP contribution in [0.1, 0.15) is 11.5 Å². The van der Waals surface area contributed by atoms with Crippen molar-refractivity contribution in [1.82, 2.24) is 4.98 Å². The van der Waals surface area contributed by atoms with E-state index in [0.29, 0.717) is 22.7 Å². The van der Waals surface area contributed by atoms with Gasteiger partial charge in [0.25, 0.3) is 0 Å². The van der Waals surface area contributed by atoms with Gasteiger partial charge in [0, 0.05) is 12.5 Å². The van der Waals surface area contributed by atoms with Crippen LogP contribution in [0.3, 0.4) is 0 Å². The summed E-state index contributed by atoms with van der Waals surface area (Å²) in [7, 11) is -3.72. The highest BCUT2D eigenvalue weighted by molar-refractivity contribution is 7.91. The van der Waals surface area contributed by atoms with Gasteiger partial charge in [-0.25, -0.2) is 17.8 Å². The Morgan fingerprint density at radius 3 is 2.77 bits per heavy atom. The summed E-state index contributed by atoms with van der Waals surface area (Å²) in [5.41, 5.74) is 1.61. The third-order valence-electron chi connectivity index (χ3n) is 3.07. The molecule has 7 heteroatoms. The quantitative estimate of drug-likeness (QED) is 0.801. The van der Waals surface area contributed by atoms with E-state index in [2.05, 4.69) is 9.71 Å². The number of rotatable bonds is 4. The number of nitrogens with one attached hydrogen (secondary N) is 1. The molecule has 114 valence electrons. The molecule has 22 heavy (non-hydrogen) atoms. The second-order valence-corrected chi connectivity index (χ2v) is 6.59. The van der Waals surface area contributed by atoms with Gasteiger partial charge in [-0.15, -0.1) is 0 Å². The molecular formula is C15H13FN2O3S. The van der Waals surface area contributed by atoms with E-state index in [0.717, 1.165) is 0 Å². The first-order valence-corrected chi connectivity index (χ1v) is 8.19. The Labute approximate surface area is 126 Å². The van der Waals surface area contributed by atoms with Gasteiger partial charge >= 0.3 is 0 Å². The Bertz CT molecular complexity index is 935. The molecule has 0 radical (unpaired) electrons. The zero-order valence-corrected chi connectivity index (χ0v) is 12.5. The molecule has 0 aliphatic rings. The van der Waals surface area contributed by atoms with Crippen LogP contribution < -0.4 is 4.72 Å². The highest BCUT2D eigenvalue weighted by Crippen LogP contribution is 2.21. The van der Waals surface area contributed by atoms with E-state index in [4.69, 9.17) is 4.42 Å². The minimum atomic E-state index is -3.72. The van der Waals surface area contributed by atoms with E-state index in [1.54, 1.807) is 31.2 Å². The van der Waals surface area contributed by atoms with Gasteiger partial charge in [-0.2, -0.15) is 0 Å². The number of oxazole rings is 1. The van der Waals surface area contributed by atoms with Crippen LogP contribution in [0, 0.1) is 12.7 Å². The molecule has 0 aliphatic heterocycles. The maximum Gasteiger partial charge on any atom is 0.237 e. The smallest absolute Gasteiger partial charge is 0.237 e. The van der Waals surface area contributed by atoms with Gasteiger partial charge in [0.2, 0.25) is 10.0 Å². The van der Waals surface area contributed by atoms with Gasteiger partial charge in [0.05, 0.1) is 11.4 Å². The molecule has 3 rings (SSSR count). The SMILES string of the molecule is Cc1nc2cc(NS(=O)(=O)Cc3ccccc3F)ccc2o1. The van der Waals surface area contributed by atoms with Crippen LogP contribution in [0.2, 0.25) is 0 Å². The normalized spacial score (nSPS) is 11.7. The van der Waals surface area contributed by atoms with Crippen molar-refractivity contribution in [3.63, 3.8) is 0 Å². The van der Waals surface area contributed by atoms with Crippen LogP contribution in [-0.4, -0.2) is 13.4 Å². The third kappa shape index (κ3) is 3.09. The monoisotopic (exact) mass is 320 g/mol. The molecule has 2 aromatic carbocycles. The van der Waals surface area contributed by atoms with Gasteiger partial charge < -0.3 is 4.42 Å². The highest BCUT2D eigenvalue weighted by atomic mass is 32.2. The molecule has 1 aromatic heterocycles. The summed E-state index contributed by atoms with van der Waals surface area (Å²) < 4.78 is 45.6. The Hall–Kier alpha value is -2.41. The first-order chi connectivity index (χ1) is 10.4. The standard InChI is InChI=1S/C15H13FN2O3S/c1-10-17-14-8-12(6-7-15(14)21-10)18-22(19,20)9-11-4-2-3-5-13(11)16/h2-8,18H,9H2,1H3. The van der Waals surface area contributed by atoms with Crippen molar-refractivity contribution in [1.29, 1.82) is 0 Å². The lowest BCUT2D eigenvalue weighted by Gasteiger charge is -2.08. The van der Waals surface area contributed by atoms with Crippen molar-refractivity contribution in [3.05, 3.63) is 59.7 Å². The molecule has 1 heterocycles. The van der Waals surface area contributed by atoms with Gasteiger partial charge in [-0.05, 0) is 24.3 Å². The van der Waals surface area contributed by atoms with Crippen molar-refractivity contribution in [2.75, 3.05) is 4.72 Å². The predicted octanol–water partition coefficient (Wildman–Crippen LogP) is 3.22. The summed E-state index contributed by atoms with van der Waals surface area (Å²) in [5, 5.41) is 0. The summed E-state index contributed by atoms with van der Waals surface area (Å²) in [6.07, 6.45) is 0. The summed E-state index contributed by atoms with van der Waals surface area (Å²) in [6, 6.07) is 10.6. The summed E-state index contributed by atoms with van der Waals surface area (Å²) >= 11 is 0. The summed E-state index contributed by atoms with van der Waals surface area (Å²) in [5.74, 6) is -0.480. The van der Waals surface area contributed by atoms with Gasteiger partial charge in [0.1, 0.15) is 11.3 Å². The zero-order chi connectivity index (χ0) is 15.7. The second-order valence-electron chi connectivity index (χ2n) is 4.87. The van der Waals surface area contributed by atoms with Crippen LogP contribution in [0.5, 0.6) is 0 Å². The number of hydrogen-bond acceptors (Lipinski definition) is 4. The fourth-order valence-electron chi connectivity index (χ4n) is 2.14. The second kappa shape index (κ2) is 5.42. The maximum absolute atomic E-state index is 13.6. The van der Waals surface area contributed by atoms with Crippen molar-refractivity contribution >= 4 is 26.8 Å². The van der Waals surface area contributed by atoms with E-state index in [9.17, 15) is 12.8 Å². The molecule has 0 saturated heterocycles. The van der Waals surface area contributed by atoms with Crippen molar-refractivity contribution in [2.45, 2.75) is 12.7 Å². The lowest BCUT2D eigenvalue weighted by molar-refractivity contribution is 0.561. The number of halogens is 1. The number of anilines is 1. The molecule has 0 spiro atoms. The third-order valence-corrected chi connectivity index (χ3v) is 4.31. The molecule has 0 atom stereocenters. The number of benzene rings is 2. The van der Waals surface area contributed by atoms with Crippen LogP contribution in [0.25, 0.3) is 11.1 Å². The van der Waals surface area contributed by atoms with E-state index < -0.39 is 21.6 Å². The summed E-state index contributed by atoms with van der Waals surface area (Å²) in [6.45, 7) is 1.71. The van der Waals surface area contributed by atoms with E-state index in [-0.39, 0.29) is 5.56 Å². The van der Waals surface area contributed by atoms with Crippen LogP contribution in [-0.2, 0) is 15.8 Å². The van der Waals surface area contributed by atoms with Crippen LogP contribution in [0.15, 0.2) is 46.9 Å². The molecular weight excluding hydrogens is 307 g/mol. The average molecular weight is 320 g/mol. The Morgan fingerprint density at radius 1 is 1.23 bits per heavy atom. The van der Waals surface area contributed by atoms with Gasteiger partial charge in [-0.3, -0.25) is 4.72 Å². The fourth-order valence-corrected chi connectivity index (χ4v) is 3.34. The molecule has 5 nitrogen and oxygen atoms in total. The minimum Gasteiger partial charge on any atom is -0.441 e. The largest absolute Gasteiger partial charge is 0.441 e. The fraction of sp³-hybridized carbons (Fsp3) is 0.133. The number of sulfonamides is 1. The number of hydrogen-bond donors (Lipinski definition) is 1. The first kappa shape index (κ1) is 14.5. The molecule has 0 amide bonds. The Kier molecular flexibility index (Phi) is 3.58. The van der Waals surface area contributed by atoms with Crippen molar-refractivity contribution in [3.8, 4) is 0 Å². The molecule has 0 saturated carbocycles. The molecule has 3 aromatic rings. The van der Waals surface area contributed by atoms with Crippen LogP contribution in [0.4, 0.5) is 10.1 Å². The maximum atomic E-state index is 13.6. The average Bonchev–Trinajstić information content (AvgIpc) is 2.80. The first-order valence-electron chi connectivity index (χ1n) is 6.54. The number of aromatic nitrogens is 1. The van der Waals surface area contributed by atoms with E-state index >= 15 is 0 Å². The van der Waals surface area contributed by atoms with Crippen molar-refractivity contribution in [2.24, 2.45) is 0 Å². The molecule has 0 aliphatic carbocycles. The molecule has 0 bridgehead atoms. The number of nitrogens with zero attached hydrogens (tertiary/aromatic N) is 1. The van der Waals surface area contributed by atoms with E-state index in [1.165, 1.54) is 18.2 Å². The lowest BCUT2D eigenvalue weighted by Crippen LogP contribution is -2.15. The molecule has 0 unspecified atom stereocenters. The topological polar surface area (TPSA) is 72.2 Å². The van der Waals surface area contributed by atoms with Gasteiger partial charge in [0.15, 0.2) is 11.5 Å². The zero-order valence-electron chi connectivity index (χ0n) is 11.7. The minimum absolute atomic E-state index is 0.119. The van der Waals surface area contributed by atoms with Crippen molar-refractivity contribution < 1.29 is 17.2 Å². The summed E-state index contributed by atoms with van der Waals surface area (Å²) in [4.78, 5) is 4.14. The lowest BCUT2D eigenvalue weighted by atomic mass is 10.2. The van der Waals surface area contributed by atoms with Gasteiger partial charge in [-0.1, -0.05) is 18.2 Å². The Balaban J connectivity index is 1.85. The molecule has 0 fully saturated rings. The highest BCUT2D eigenvalue weighted by Gasteiger charge is 2.15. The molecule has 1 N–H and O–H groups in total. The van der Waals surface area contributed by atoms with Crippen LogP contribution >= 0.6 is 0 Å². The van der Waals surface area contributed by atoms with E-state index in [1.807, 2.05) is 0 Å². The predicted molar refractivity (Wildman–Crippen MR) is 81.4 cm³/mol. The number of fused-ring (bicyclic) bond motifs is 1. The Morgan fingerprint density at radius 2 is 2.00 bits per heavy atom.